The molecule has 0 bridgehead atoms. The molecule has 8 nitrogen and oxygen atoms in total. The lowest BCUT2D eigenvalue weighted by Crippen LogP contribution is -2.33. The minimum absolute atomic E-state index is 0.0633. The second-order valence-electron chi connectivity index (χ2n) is 9.28. The van der Waals surface area contributed by atoms with E-state index in [-0.39, 0.29) is 47.7 Å². The standard InChI is InChI=1S/C25H20F4N6O2/c1-34-22(13-5-7-14(26)8-6-13)33-21-23(34)30-9-18(31-21)24(36)35-10-15-16(11-35)17(15)12-37-20-4-2-3-19(32-20)25(27,28)29/h2-9,15-17H,10-12H2,1H3/t15-,16+,17-. The lowest BCUT2D eigenvalue weighted by Gasteiger charge is -2.19. The summed E-state index contributed by atoms with van der Waals surface area (Å²) in [5.74, 6) is 0.471. The minimum Gasteiger partial charge on any atom is -0.477 e. The molecule has 4 heterocycles. The number of fused-ring (bicyclic) bond motifs is 2. The molecule has 190 valence electrons. The van der Waals surface area contributed by atoms with Gasteiger partial charge >= 0.3 is 6.18 Å². The van der Waals surface area contributed by atoms with E-state index in [9.17, 15) is 22.4 Å². The number of likely N-dealkylation sites (tertiary alicyclic amines) is 1. The first kappa shape index (κ1) is 23.3. The highest BCUT2D eigenvalue weighted by Crippen LogP contribution is 2.52. The molecule has 1 saturated carbocycles. The summed E-state index contributed by atoms with van der Waals surface area (Å²) < 4.78 is 59.1. The van der Waals surface area contributed by atoms with Crippen molar-refractivity contribution in [2.24, 2.45) is 24.8 Å². The molecule has 3 atom stereocenters. The van der Waals surface area contributed by atoms with Crippen LogP contribution in [0.25, 0.3) is 22.7 Å². The van der Waals surface area contributed by atoms with Crippen LogP contribution in [0.5, 0.6) is 5.88 Å². The van der Waals surface area contributed by atoms with Crippen molar-refractivity contribution >= 4 is 17.2 Å². The number of rotatable bonds is 5. The highest BCUT2D eigenvalue weighted by molar-refractivity contribution is 5.93. The third kappa shape index (κ3) is 4.25. The Balaban J connectivity index is 1.10. The van der Waals surface area contributed by atoms with Gasteiger partial charge in [-0.1, -0.05) is 6.07 Å². The zero-order valence-electron chi connectivity index (χ0n) is 19.5. The van der Waals surface area contributed by atoms with Gasteiger partial charge in [-0.3, -0.25) is 4.79 Å². The number of halogens is 4. The Hall–Kier alpha value is -4.09. The summed E-state index contributed by atoms with van der Waals surface area (Å²) >= 11 is 0. The molecule has 0 N–H and O–H groups in total. The van der Waals surface area contributed by atoms with E-state index in [1.165, 1.54) is 30.5 Å². The fraction of sp³-hybridized carbons (Fsp3) is 0.320. The number of nitrogens with zero attached hydrogens (tertiary/aromatic N) is 6. The summed E-state index contributed by atoms with van der Waals surface area (Å²) in [7, 11) is 1.77. The van der Waals surface area contributed by atoms with Crippen LogP contribution in [0, 0.1) is 23.6 Å². The van der Waals surface area contributed by atoms with Gasteiger partial charge in [0.05, 0.1) is 12.8 Å². The Labute approximate surface area is 207 Å². The van der Waals surface area contributed by atoms with Crippen LogP contribution in [0.4, 0.5) is 17.6 Å². The molecule has 2 aliphatic rings. The van der Waals surface area contributed by atoms with E-state index in [4.69, 9.17) is 4.74 Å². The van der Waals surface area contributed by atoms with Gasteiger partial charge in [-0.2, -0.15) is 13.2 Å². The number of pyridine rings is 1. The van der Waals surface area contributed by atoms with E-state index in [0.717, 1.165) is 6.07 Å². The molecule has 1 aliphatic heterocycles. The molecule has 3 aromatic heterocycles. The second-order valence-corrected chi connectivity index (χ2v) is 9.28. The topological polar surface area (TPSA) is 86.0 Å². The van der Waals surface area contributed by atoms with Gasteiger partial charge in [0.2, 0.25) is 5.88 Å². The van der Waals surface area contributed by atoms with Gasteiger partial charge in [0.25, 0.3) is 5.91 Å². The van der Waals surface area contributed by atoms with Crippen molar-refractivity contribution in [2.75, 3.05) is 19.7 Å². The third-order valence-electron chi connectivity index (χ3n) is 7.00. The van der Waals surface area contributed by atoms with Crippen LogP contribution in [0.2, 0.25) is 0 Å². The fourth-order valence-electron chi connectivity index (χ4n) is 4.98. The highest BCUT2D eigenvalue weighted by Gasteiger charge is 2.57. The van der Waals surface area contributed by atoms with Gasteiger partial charge in [-0.25, -0.2) is 24.3 Å². The van der Waals surface area contributed by atoms with Crippen molar-refractivity contribution in [1.82, 2.24) is 29.4 Å². The molecular weight excluding hydrogens is 492 g/mol. The van der Waals surface area contributed by atoms with Gasteiger partial charge < -0.3 is 14.2 Å². The molecular formula is C25H20F4N6O2. The maximum Gasteiger partial charge on any atom is 0.433 e. The highest BCUT2D eigenvalue weighted by atomic mass is 19.4. The van der Waals surface area contributed by atoms with Crippen molar-refractivity contribution in [2.45, 2.75) is 6.18 Å². The summed E-state index contributed by atoms with van der Waals surface area (Å²) in [6.45, 7) is 1.27. The number of imidazole rings is 1. The average Bonchev–Trinajstić information content (AvgIpc) is 3.18. The molecule has 1 aromatic carbocycles. The molecule has 1 amide bonds. The second kappa shape index (κ2) is 8.49. The molecule has 1 aliphatic carbocycles. The zero-order chi connectivity index (χ0) is 25.9. The zero-order valence-corrected chi connectivity index (χ0v) is 19.5. The largest absolute Gasteiger partial charge is 0.477 e. The number of piperidine rings is 1. The van der Waals surface area contributed by atoms with E-state index < -0.39 is 11.9 Å². The third-order valence-corrected chi connectivity index (χ3v) is 7.00. The van der Waals surface area contributed by atoms with Gasteiger partial charge in [0.1, 0.15) is 23.0 Å². The molecule has 37 heavy (non-hydrogen) atoms. The molecule has 0 unspecified atom stereocenters. The molecule has 0 radical (unpaired) electrons. The van der Waals surface area contributed by atoms with Crippen LogP contribution in [0.15, 0.2) is 48.7 Å². The minimum atomic E-state index is -4.53. The van der Waals surface area contributed by atoms with Crippen LogP contribution in [0.1, 0.15) is 16.2 Å². The van der Waals surface area contributed by atoms with E-state index >= 15 is 0 Å². The summed E-state index contributed by atoms with van der Waals surface area (Å²) in [5.41, 5.74) is 0.703. The van der Waals surface area contributed by atoms with Gasteiger partial charge in [0.15, 0.2) is 11.3 Å². The summed E-state index contributed by atoms with van der Waals surface area (Å²) in [4.78, 5) is 31.6. The molecule has 4 aromatic rings. The molecule has 0 spiro atoms. The summed E-state index contributed by atoms with van der Waals surface area (Å²) in [6.07, 6.45) is -3.11. The normalized spacial score (nSPS) is 20.8. The molecule has 2 fully saturated rings. The average molecular weight is 512 g/mol. The van der Waals surface area contributed by atoms with Crippen LogP contribution in [-0.4, -0.2) is 55.0 Å². The summed E-state index contributed by atoms with van der Waals surface area (Å²) in [6, 6.07) is 9.48. The van der Waals surface area contributed by atoms with Gasteiger partial charge in [-0.05, 0) is 42.2 Å². The number of aromatic nitrogens is 5. The number of ether oxygens (including phenoxy) is 1. The van der Waals surface area contributed by atoms with Crippen LogP contribution < -0.4 is 4.74 Å². The van der Waals surface area contributed by atoms with E-state index in [2.05, 4.69) is 19.9 Å². The van der Waals surface area contributed by atoms with Crippen molar-refractivity contribution in [3.63, 3.8) is 0 Å². The predicted molar refractivity (Wildman–Crippen MR) is 123 cm³/mol. The molecule has 12 heteroatoms. The van der Waals surface area contributed by atoms with E-state index in [0.29, 0.717) is 35.8 Å². The Kier molecular flexibility index (Phi) is 5.35. The number of aryl methyl sites for hydroxylation is 1. The quantitative estimate of drug-likeness (QED) is 0.376. The SMILES string of the molecule is Cn1c(-c2ccc(F)cc2)nc2nc(C(=O)N3C[C@@H]4[C@H](COc5cccc(C(F)(F)F)n5)[C@@H]4C3)cnc21. The lowest BCUT2D eigenvalue weighted by atomic mass is 10.2. The monoisotopic (exact) mass is 512 g/mol. The first-order valence-electron chi connectivity index (χ1n) is 11.6. The molecule has 6 rings (SSSR count). The van der Waals surface area contributed by atoms with Crippen molar-refractivity contribution in [3.8, 4) is 17.3 Å². The van der Waals surface area contributed by atoms with Crippen LogP contribution in [0.3, 0.4) is 0 Å². The summed E-state index contributed by atoms with van der Waals surface area (Å²) in [5, 5.41) is 0. The van der Waals surface area contributed by atoms with Gasteiger partial charge in [-0.15, -0.1) is 0 Å². The smallest absolute Gasteiger partial charge is 0.433 e. The number of amides is 1. The number of carbonyl (C=O) groups excluding carboxylic acids is 1. The number of alkyl halides is 3. The van der Waals surface area contributed by atoms with Crippen LogP contribution >= 0.6 is 0 Å². The van der Waals surface area contributed by atoms with Crippen molar-refractivity contribution < 1.29 is 27.1 Å². The maximum absolute atomic E-state index is 13.3. The maximum atomic E-state index is 13.3. The van der Waals surface area contributed by atoms with E-state index in [1.807, 2.05) is 0 Å². The number of benzene rings is 1. The first-order chi connectivity index (χ1) is 17.7. The Bertz CT molecular complexity index is 1490. The predicted octanol–water partition coefficient (Wildman–Crippen LogP) is 3.98. The lowest BCUT2D eigenvalue weighted by molar-refractivity contribution is -0.141. The number of hydrogen-bond donors (Lipinski definition) is 0. The van der Waals surface area contributed by atoms with Crippen molar-refractivity contribution in [3.05, 3.63) is 65.9 Å². The van der Waals surface area contributed by atoms with Crippen LogP contribution in [-0.2, 0) is 13.2 Å². The number of hydrogen-bond acceptors (Lipinski definition) is 6. The number of carbonyl (C=O) groups is 1. The Morgan fingerprint density at radius 3 is 2.49 bits per heavy atom. The van der Waals surface area contributed by atoms with Crippen molar-refractivity contribution in [1.29, 1.82) is 0 Å². The van der Waals surface area contributed by atoms with Gasteiger partial charge in [0, 0.05) is 37.7 Å². The Morgan fingerprint density at radius 1 is 1.05 bits per heavy atom. The van der Waals surface area contributed by atoms with E-state index in [1.54, 1.807) is 28.6 Å². The fourth-order valence-corrected chi connectivity index (χ4v) is 4.98. The Morgan fingerprint density at radius 2 is 1.78 bits per heavy atom. The first-order valence-corrected chi connectivity index (χ1v) is 11.6. The molecule has 1 saturated heterocycles.